The zero-order chi connectivity index (χ0) is 16.8. The van der Waals surface area contributed by atoms with E-state index in [0.29, 0.717) is 5.92 Å². The first kappa shape index (κ1) is 16.8. The Kier molecular flexibility index (Phi) is 4.60. The van der Waals surface area contributed by atoms with Crippen LogP contribution in [0.3, 0.4) is 0 Å². The van der Waals surface area contributed by atoms with Crippen LogP contribution in [0.5, 0.6) is 0 Å². The van der Waals surface area contributed by atoms with Crippen molar-refractivity contribution in [3.8, 4) is 4.90 Å². The maximum Gasteiger partial charge on any atom is 0.187 e. The summed E-state index contributed by atoms with van der Waals surface area (Å²) in [5.41, 5.74) is 1.41. The van der Waals surface area contributed by atoms with Gasteiger partial charge < -0.3 is 0 Å². The van der Waals surface area contributed by atoms with E-state index < -0.39 is 0 Å². The summed E-state index contributed by atoms with van der Waals surface area (Å²) >= 11 is 4.83. The number of benzene rings is 3. The van der Waals surface area contributed by atoms with Crippen molar-refractivity contribution in [1.82, 2.24) is 0 Å². The first-order chi connectivity index (χ1) is 11.5. The van der Waals surface area contributed by atoms with Gasteiger partial charge in [-0.1, -0.05) is 26.0 Å². The van der Waals surface area contributed by atoms with E-state index in [4.69, 9.17) is 0 Å². The standard InChI is InChI=1S/C21H17I2S/c1-13(2)14-3-7-17(8-4-14)24-20-9-5-15(22)11-18(20)19-12-16(23)6-10-21(19)24/h3-13H,1-2H3/q+1. The average Bonchev–Trinajstić information content (AvgIpc) is 2.88. The fourth-order valence-electron chi connectivity index (χ4n) is 3.14. The van der Waals surface area contributed by atoms with Gasteiger partial charge in [0.25, 0.3) is 0 Å². The molecule has 1 heterocycles. The van der Waals surface area contributed by atoms with Crippen LogP contribution in [0.25, 0.3) is 25.1 Å². The third-order valence-corrected chi connectivity index (χ3v) is 8.07. The molecule has 0 aliphatic rings. The minimum absolute atomic E-state index is 0.0147. The van der Waals surface area contributed by atoms with Crippen molar-refractivity contribution >= 4 is 75.8 Å². The summed E-state index contributed by atoms with van der Waals surface area (Å²) in [5.74, 6) is 0.577. The maximum absolute atomic E-state index is 2.42. The second-order valence-corrected chi connectivity index (χ2v) is 10.8. The fraction of sp³-hybridized carbons (Fsp3) is 0.143. The molecule has 0 fully saturated rings. The van der Waals surface area contributed by atoms with E-state index in [1.807, 2.05) is 0 Å². The van der Waals surface area contributed by atoms with Gasteiger partial charge in [0.05, 0.1) is 0 Å². The van der Waals surface area contributed by atoms with Crippen molar-refractivity contribution in [3.05, 3.63) is 73.4 Å². The molecule has 0 N–H and O–H groups in total. The van der Waals surface area contributed by atoms with Crippen molar-refractivity contribution in [2.75, 3.05) is 0 Å². The van der Waals surface area contributed by atoms with Gasteiger partial charge >= 0.3 is 0 Å². The van der Waals surface area contributed by atoms with Crippen molar-refractivity contribution < 1.29 is 0 Å². The van der Waals surface area contributed by atoms with Gasteiger partial charge in [-0.15, -0.1) is 0 Å². The van der Waals surface area contributed by atoms with E-state index in [1.165, 1.54) is 37.8 Å². The highest BCUT2D eigenvalue weighted by Crippen LogP contribution is 2.49. The van der Waals surface area contributed by atoms with Crippen molar-refractivity contribution in [2.24, 2.45) is 0 Å². The summed E-state index contributed by atoms with van der Waals surface area (Å²) in [5, 5.41) is 2.82. The Labute approximate surface area is 172 Å². The number of fused-ring (bicyclic) bond motifs is 3. The lowest BCUT2D eigenvalue weighted by Gasteiger charge is -2.03. The molecule has 4 aromatic rings. The minimum atomic E-state index is 0.0147. The molecule has 0 bridgehead atoms. The second kappa shape index (κ2) is 6.57. The summed E-state index contributed by atoms with van der Waals surface area (Å²) in [6.45, 7) is 4.50. The lowest BCUT2D eigenvalue weighted by atomic mass is 10.0. The molecule has 3 heteroatoms. The molecule has 4 rings (SSSR count). The average molecular weight is 555 g/mol. The molecule has 0 aliphatic heterocycles. The highest BCUT2D eigenvalue weighted by Gasteiger charge is 2.24. The van der Waals surface area contributed by atoms with E-state index in [-0.39, 0.29) is 10.5 Å². The van der Waals surface area contributed by atoms with E-state index in [9.17, 15) is 0 Å². The molecule has 0 nitrogen and oxygen atoms in total. The molecule has 0 atom stereocenters. The van der Waals surface area contributed by atoms with Crippen LogP contribution in [0.1, 0.15) is 25.3 Å². The van der Waals surface area contributed by atoms with Crippen LogP contribution in [0.4, 0.5) is 0 Å². The summed E-state index contributed by atoms with van der Waals surface area (Å²) in [4.78, 5) is 1.42. The monoisotopic (exact) mass is 555 g/mol. The lowest BCUT2D eigenvalue weighted by molar-refractivity contribution is 0.867. The summed E-state index contributed by atoms with van der Waals surface area (Å²) in [6, 6.07) is 23.0. The van der Waals surface area contributed by atoms with Gasteiger partial charge in [0, 0.05) is 28.4 Å². The molecule has 0 amide bonds. The van der Waals surface area contributed by atoms with Crippen LogP contribution in [0.2, 0.25) is 0 Å². The Morgan fingerprint density at radius 1 is 0.708 bits per heavy atom. The molecule has 0 unspecified atom stereocenters. The van der Waals surface area contributed by atoms with Crippen molar-refractivity contribution in [2.45, 2.75) is 19.8 Å². The quantitative estimate of drug-likeness (QED) is 0.174. The molecular formula is C21H17I2S+. The number of hydrogen-bond donors (Lipinski definition) is 0. The van der Waals surface area contributed by atoms with Gasteiger partial charge in [-0.2, -0.15) is 0 Å². The van der Waals surface area contributed by atoms with Crippen LogP contribution in [0.15, 0.2) is 60.7 Å². The van der Waals surface area contributed by atoms with Gasteiger partial charge in [0.15, 0.2) is 14.3 Å². The number of halogens is 2. The third-order valence-electron chi connectivity index (χ3n) is 4.40. The molecule has 3 aromatic carbocycles. The largest absolute Gasteiger partial charge is 0.187 e. The normalized spacial score (nSPS) is 11.7. The Morgan fingerprint density at radius 3 is 1.67 bits per heavy atom. The molecule has 0 saturated heterocycles. The van der Waals surface area contributed by atoms with E-state index >= 15 is 0 Å². The van der Waals surface area contributed by atoms with Crippen LogP contribution in [0, 0.1) is 7.14 Å². The summed E-state index contributed by atoms with van der Waals surface area (Å²) < 4.78 is 5.53. The molecule has 0 radical (unpaired) electrons. The Hall–Kier alpha value is -0.660. The molecule has 24 heavy (non-hydrogen) atoms. The smallest absolute Gasteiger partial charge is 0.0587 e. The molecule has 0 spiro atoms. The zero-order valence-corrected chi connectivity index (χ0v) is 18.6. The van der Waals surface area contributed by atoms with Crippen LogP contribution in [-0.4, -0.2) is 0 Å². The molecule has 0 saturated carbocycles. The lowest BCUT2D eigenvalue weighted by Crippen LogP contribution is -1.85. The SMILES string of the molecule is CC(C)c1ccc(-[s+]2c3ccc(I)cc3c3cc(I)ccc32)cc1. The van der Waals surface area contributed by atoms with Gasteiger partial charge in [-0.05, 0) is 105 Å². The van der Waals surface area contributed by atoms with Crippen LogP contribution in [-0.2, 0) is 0 Å². The Balaban J connectivity index is 2.06. The van der Waals surface area contributed by atoms with Gasteiger partial charge in [-0.3, -0.25) is 0 Å². The minimum Gasteiger partial charge on any atom is -0.0587 e. The van der Waals surface area contributed by atoms with Crippen molar-refractivity contribution in [1.29, 1.82) is 0 Å². The number of thiophene rings is 1. The maximum atomic E-state index is 2.42. The predicted octanol–water partition coefficient (Wildman–Crippen LogP) is 8.06. The number of hydrogen-bond acceptors (Lipinski definition) is 0. The fourth-order valence-corrected chi connectivity index (χ4v) is 6.46. The van der Waals surface area contributed by atoms with Crippen LogP contribution < -0.4 is 0 Å². The van der Waals surface area contributed by atoms with Crippen LogP contribution >= 0.6 is 55.7 Å². The predicted molar refractivity (Wildman–Crippen MR) is 125 cm³/mol. The Morgan fingerprint density at radius 2 is 1.21 bits per heavy atom. The zero-order valence-electron chi connectivity index (χ0n) is 13.5. The Bertz CT molecular complexity index is 984. The second-order valence-electron chi connectivity index (χ2n) is 6.31. The number of rotatable bonds is 2. The molecular weight excluding hydrogens is 538 g/mol. The van der Waals surface area contributed by atoms with Gasteiger partial charge in [0.1, 0.15) is 0 Å². The third kappa shape index (κ3) is 2.88. The highest BCUT2D eigenvalue weighted by atomic mass is 127. The van der Waals surface area contributed by atoms with E-state index in [2.05, 4.69) is 120 Å². The van der Waals surface area contributed by atoms with Gasteiger partial charge in [-0.25, -0.2) is 0 Å². The highest BCUT2D eigenvalue weighted by molar-refractivity contribution is 14.1. The summed E-state index contributed by atoms with van der Waals surface area (Å²) in [6.07, 6.45) is 0. The molecule has 120 valence electrons. The van der Waals surface area contributed by atoms with E-state index in [1.54, 1.807) is 0 Å². The summed E-state index contributed by atoms with van der Waals surface area (Å²) in [7, 11) is 0.0147. The first-order valence-corrected chi connectivity index (χ1v) is 11.4. The van der Waals surface area contributed by atoms with Gasteiger partial charge in [0.2, 0.25) is 0 Å². The topological polar surface area (TPSA) is 0 Å². The van der Waals surface area contributed by atoms with Crippen molar-refractivity contribution in [3.63, 3.8) is 0 Å². The van der Waals surface area contributed by atoms with E-state index in [0.717, 1.165) is 0 Å². The molecule has 0 aliphatic carbocycles. The molecule has 1 aromatic heterocycles. The first-order valence-electron chi connectivity index (χ1n) is 7.98.